The Kier molecular flexibility index (Phi) is 3.52. The first kappa shape index (κ1) is 14.2. The van der Waals surface area contributed by atoms with Crippen LogP contribution in [0, 0.1) is 0 Å². The SMILES string of the molecule is O=C(Nc1ccc(C(F)(F)F)cc1)N1C2CCC1CNC2. The van der Waals surface area contributed by atoms with Crippen LogP contribution in [-0.4, -0.2) is 36.1 Å². The van der Waals surface area contributed by atoms with Gasteiger partial charge in [-0.15, -0.1) is 0 Å². The number of nitrogens with zero attached hydrogens (tertiary/aromatic N) is 1. The number of amides is 2. The second-order valence-corrected chi connectivity index (χ2v) is 5.46. The molecule has 0 aliphatic carbocycles. The molecular weight excluding hydrogens is 283 g/mol. The van der Waals surface area contributed by atoms with Crippen LogP contribution < -0.4 is 10.6 Å². The molecule has 0 saturated carbocycles. The molecule has 0 aromatic heterocycles. The van der Waals surface area contributed by atoms with Crippen molar-refractivity contribution in [3.8, 4) is 0 Å². The van der Waals surface area contributed by atoms with Crippen LogP contribution in [0.15, 0.2) is 24.3 Å². The molecule has 114 valence electrons. The third-order valence-electron chi connectivity index (χ3n) is 4.08. The van der Waals surface area contributed by atoms with E-state index in [2.05, 4.69) is 10.6 Å². The first-order valence-corrected chi connectivity index (χ1v) is 6.92. The summed E-state index contributed by atoms with van der Waals surface area (Å²) >= 11 is 0. The zero-order valence-corrected chi connectivity index (χ0v) is 11.3. The van der Waals surface area contributed by atoms with E-state index in [9.17, 15) is 18.0 Å². The van der Waals surface area contributed by atoms with Crippen molar-refractivity contribution in [2.45, 2.75) is 31.1 Å². The van der Waals surface area contributed by atoms with Crippen molar-refractivity contribution in [2.75, 3.05) is 18.4 Å². The summed E-state index contributed by atoms with van der Waals surface area (Å²) in [7, 11) is 0. The first-order chi connectivity index (χ1) is 9.95. The van der Waals surface area contributed by atoms with Crippen molar-refractivity contribution in [2.24, 2.45) is 0 Å². The normalized spacial score (nSPS) is 25.0. The molecule has 2 saturated heterocycles. The minimum Gasteiger partial charge on any atom is -0.316 e. The summed E-state index contributed by atoms with van der Waals surface area (Å²) in [6.45, 7) is 1.55. The number of alkyl halides is 3. The van der Waals surface area contributed by atoms with Gasteiger partial charge in [-0.25, -0.2) is 4.79 Å². The molecule has 4 nitrogen and oxygen atoms in total. The summed E-state index contributed by atoms with van der Waals surface area (Å²) in [5.41, 5.74) is -0.339. The number of rotatable bonds is 1. The summed E-state index contributed by atoms with van der Waals surface area (Å²) in [6.07, 6.45) is -2.42. The maximum Gasteiger partial charge on any atom is 0.416 e. The van der Waals surface area contributed by atoms with Gasteiger partial charge in [0.2, 0.25) is 0 Å². The summed E-state index contributed by atoms with van der Waals surface area (Å²) in [5, 5.41) is 5.96. The molecule has 2 fully saturated rings. The van der Waals surface area contributed by atoms with E-state index in [0.717, 1.165) is 38.1 Å². The second kappa shape index (κ2) is 5.22. The van der Waals surface area contributed by atoms with E-state index in [0.29, 0.717) is 5.69 Å². The molecule has 3 rings (SSSR count). The minimum atomic E-state index is -4.36. The van der Waals surface area contributed by atoms with Gasteiger partial charge in [0.1, 0.15) is 0 Å². The van der Waals surface area contributed by atoms with Gasteiger partial charge in [-0.3, -0.25) is 0 Å². The fourth-order valence-electron chi connectivity index (χ4n) is 3.04. The number of urea groups is 1. The predicted molar refractivity (Wildman–Crippen MR) is 72.0 cm³/mol. The Hall–Kier alpha value is -1.76. The molecule has 0 radical (unpaired) electrons. The topological polar surface area (TPSA) is 44.4 Å². The molecule has 2 aliphatic rings. The Morgan fingerprint density at radius 2 is 1.71 bits per heavy atom. The molecule has 1 aromatic rings. The van der Waals surface area contributed by atoms with E-state index in [1.807, 2.05) is 4.90 Å². The maximum atomic E-state index is 12.5. The molecule has 2 unspecified atom stereocenters. The van der Waals surface area contributed by atoms with E-state index in [1.54, 1.807) is 0 Å². The molecule has 1 aromatic carbocycles. The first-order valence-electron chi connectivity index (χ1n) is 6.92. The molecule has 2 heterocycles. The van der Waals surface area contributed by atoms with Crippen molar-refractivity contribution < 1.29 is 18.0 Å². The fraction of sp³-hybridized carbons (Fsp3) is 0.500. The number of carbonyl (C=O) groups excluding carboxylic acids is 1. The Balaban J connectivity index is 1.68. The smallest absolute Gasteiger partial charge is 0.316 e. The number of halogens is 3. The van der Waals surface area contributed by atoms with Crippen LogP contribution in [0.3, 0.4) is 0 Å². The van der Waals surface area contributed by atoms with Gasteiger partial charge in [0.25, 0.3) is 0 Å². The van der Waals surface area contributed by atoms with Crippen LogP contribution in [-0.2, 0) is 6.18 Å². The van der Waals surface area contributed by atoms with Gasteiger partial charge in [0.05, 0.1) is 5.56 Å². The number of piperazine rings is 1. The second-order valence-electron chi connectivity index (χ2n) is 5.46. The summed E-state index contributed by atoms with van der Waals surface area (Å²) in [6, 6.07) is 4.64. The highest BCUT2D eigenvalue weighted by Gasteiger charge is 2.39. The molecule has 2 amide bonds. The Bertz CT molecular complexity index is 513. The van der Waals surface area contributed by atoms with Crippen LogP contribution in [0.4, 0.5) is 23.7 Å². The lowest BCUT2D eigenvalue weighted by molar-refractivity contribution is -0.137. The lowest BCUT2D eigenvalue weighted by Gasteiger charge is -2.35. The van der Waals surface area contributed by atoms with E-state index < -0.39 is 11.7 Å². The summed E-state index contributed by atoms with van der Waals surface area (Å²) < 4.78 is 37.4. The molecule has 2 atom stereocenters. The lowest BCUT2D eigenvalue weighted by Crippen LogP contribution is -2.55. The molecule has 2 N–H and O–H groups in total. The lowest BCUT2D eigenvalue weighted by atomic mass is 10.2. The van der Waals surface area contributed by atoms with Crippen molar-refractivity contribution in [3.05, 3.63) is 29.8 Å². The highest BCUT2D eigenvalue weighted by atomic mass is 19.4. The molecule has 2 aliphatic heterocycles. The van der Waals surface area contributed by atoms with E-state index in [-0.39, 0.29) is 18.1 Å². The number of fused-ring (bicyclic) bond motifs is 2. The predicted octanol–water partition coefficient (Wildman–Crippen LogP) is 2.67. The van der Waals surface area contributed by atoms with Crippen LogP contribution in [0.25, 0.3) is 0 Å². The van der Waals surface area contributed by atoms with Crippen LogP contribution in [0.2, 0.25) is 0 Å². The van der Waals surface area contributed by atoms with Crippen molar-refractivity contribution >= 4 is 11.7 Å². The molecule has 21 heavy (non-hydrogen) atoms. The average molecular weight is 299 g/mol. The van der Waals surface area contributed by atoms with Crippen LogP contribution >= 0.6 is 0 Å². The number of benzene rings is 1. The van der Waals surface area contributed by atoms with Gasteiger partial charge < -0.3 is 15.5 Å². The molecular formula is C14H16F3N3O. The van der Waals surface area contributed by atoms with E-state index in [4.69, 9.17) is 0 Å². The highest BCUT2D eigenvalue weighted by molar-refractivity contribution is 5.90. The monoisotopic (exact) mass is 299 g/mol. The van der Waals surface area contributed by atoms with Crippen molar-refractivity contribution in [3.63, 3.8) is 0 Å². The van der Waals surface area contributed by atoms with Crippen molar-refractivity contribution in [1.29, 1.82) is 0 Å². The zero-order valence-electron chi connectivity index (χ0n) is 11.3. The average Bonchev–Trinajstić information content (AvgIpc) is 2.68. The van der Waals surface area contributed by atoms with Gasteiger partial charge in [-0.05, 0) is 37.1 Å². The number of anilines is 1. The highest BCUT2D eigenvalue weighted by Crippen LogP contribution is 2.30. The minimum absolute atomic E-state index is 0.179. The molecule has 0 spiro atoms. The van der Waals surface area contributed by atoms with Gasteiger partial charge in [0.15, 0.2) is 0 Å². The fourth-order valence-corrected chi connectivity index (χ4v) is 3.04. The van der Waals surface area contributed by atoms with E-state index in [1.165, 1.54) is 12.1 Å². The summed E-state index contributed by atoms with van der Waals surface area (Å²) in [4.78, 5) is 14.1. The molecule has 7 heteroatoms. The number of hydrogen-bond donors (Lipinski definition) is 2. The Morgan fingerprint density at radius 1 is 1.14 bits per heavy atom. The van der Waals surface area contributed by atoms with Crippen molar-refractivity contribution in [1.82, 2.24) is 10.2 Å². The van der Waals surface area contributed by atoms with Gasteiger partial charge >= 0.3 is 12.2 Å². The zero-order chi connectivity index (χ0) is 15.0. The van der Waals surface area contributed by atoms with Gasteiger partial charge in [-0.2, -0.15) is 13.2 Å². The maximum absolute atomic E-state index is 12.5. The Morgan fingerprint density at radius 3 is 2.24 bits per heavy atom. The van der Waals surface area contributed by atoms with Crippen LogP contribution in [0.5, 0.6) is 0 Å². The number of hydrogen-bond acceptors (Lipinski definition) is 2. The third kappa shape index (κ3) is 2.83. The van der Waals surface area contributed by atoms with E-state index >= 15 is 0 Å². The third-order valence-corrected chi connectivity index (χ3v) is 4.08. The number of carbonyl (C=O) groups is 1. The molecule has 2 bridgehead atoms. The van der Waals surface area contributed by atoms with Crippen LogP contribution in [0.1, 0.15) is 18.4 Å². The standard InChI is InChI=1S/C14H16F3N3O/c15-14(16,17)9-1-3-10(4-2-9)19-13(21)20-11-5-6-12(20)8-18-7-11/h1-4,11-12,18H,5-8H2,(H,19,21). The van der Waals surface area contributed by atoms with Gasteiger partial charge in [-0.1, -0.05) is 0 Å². The Labute approximate surface area is 120 Å². The largest absolute Gasteiger partial charge is 0.416 e. The number of nitrogens with one attached hydrogen (secondary N) is 2. The van der Waals surface area contributed by atoms with Gasteiger partial charge in [0, 0.05) is 30.9 Å². The summed E-state index contributed by atoms with van der Waals surface area (Å²) in [5.74, 6) is 0. The quantitative estimate of drug-likeness (QED) is 0.837.